The molecule has 37 heavy (non-hydrogen) atoms. The fourth-order valence-corrected chi connectivity index (χ4v) is 7.27. The van der Waals surface area contributed by atoms with Crippen LogP contribution in [0.1, 0.15) is 60.9 Å². The fourth-order valence-electron chi connectivity index (χ4n) is 5.58. The van der Waals surface area contributed by atoms with Crippen LogP contribution in [0.4, 0.5) is 4.39 Å². The Morgan fingerprint density at radius 1 is 0.973 bits per heavy atom. The number of para-hydroxylation sites is 1. The number of hydrogen-bond donors (Lipinski definition) is 0. The molecule has 1 aliphatic rings. The van der Waals surface area contributed by atoms with Crippen molar-refractivity contribution >= 4 is 32.5 Å². The summed E-state index contributed by atoms with van der Waals surface area (Å²) < 4.78 is 45.0. The highest BCUT2D eigenvalue weighted by molar-refractivity contribution is 7.89. The van der Waals surface area contributed by atoms with Gasteiger partial charge in [0, 0.05) is 40.3 Å². The molecular weight excluding hydrogens is 507 g/mol. The lowest BCUT2D eigenvalue weighted by Gasteiger charge is -2.31. The van der Waals surface area contributed by atoms with E-state index in [9.17, 15) is 12.8 Å². The minimum Gasteiger partial charge on any atom is -0.340 e. The van der Waals surface area contributed by atoms with Crippen molar-refractivity contribution in [1.29, 1.82) is 0 Å². The number of fused-ring (bicyclic) bond motifs is 1. The van der Waals surface area contributed by atoms with Crippen molar-refractivity contribution in [2.45, 2.75) is 56.9 Å². The number of nitrogens with zero attached hydrogens (tertiary/aromatic N) is 2. The van der Waals surface area contributed by atoms with E-state index in [-0.39, 0.29) is 11.7 Å². The SMILES string of the molecule is Cc1c(C2CCN(S(=O)(=O)c3ccc(C(C)C)cc3)CC2)c2ccccc2n1Cc1c(F)cccc1Cl. The third-order valence-corrected chi connectivity index (χ3v) is 9.97. The number of rotatable bonds is 6. The summed E-state index contributed by atoms with van der Waals surface area (Å²) in [7, 11) is -3.54. The number of piperidine rings is 1. The third kappa shape index (κ3) is 4.83. The van der Waals surface area contributed by atoms with Crippen LogP contribution in [0.25, 0.3) is 10.9 Å². The maximum atomic E-state index is 14.6. The first-order chi connectivity index (χ1) is 17.7. The summed E-state index contributed by atoms with van der Waals surface area (Å²) in [5.74, 6) is 0.260. The molecule has 4 aromatic rings. The van der Waals surface area contributed by atoms with Crippen LogP contribution >= 0.6 is 11.6 Å². The summed E-state index contributed by atoms with van der Waals surface area (Å²) in [5.41, 5.74) is 4.94. The molecule has 0 radical (unpaired) electrons. The molecule has 3 aromatic carbocycles. The molecular formula is C30H32ClFN2O2S. The van der Waals surface area contributed by atoms with Crippen LogP contribution in [-0.2, 0) is 16.6 Å². The Hall–Kier alpha value is -2.67. The summed E-state index contributed by atoms with van der Waals surface area (Å²) in [6.45, 7) is 7.55. The average molecular weight is 539 g/mol. The quantitative estimate of drug-likeness (QED) is 0.255. The Balaban J connectivity index is 1.41. The lowest BCUT2D eigenvalue weighted by atomic mass is 9.88. The molecule has 0 spiro atoms. The van der Waals surface area contributed by atoms with E-state index in [4.69, 9.17) is 11.6 Å². The molecule has 1 saturated heterocycles. The number of hydrogen-bond acceptors (Lipinski definition) is 2. The number of benzene rings is 3. The van der Waals surface area contributed by atoms with Crippen molar-refractivity contribution in [3.05, 3.63) is 100.0 Å². The predicted octanol–water partition coefficient (Wildman–Crippen LogP) is 7.48. The molecule has 0 saturated carbocycles. The number of sulfonamides is 1. The Bertz CT molecular complexity index is 1520. The van der Waals surface area contributed by atoms with Crippen LogP contribution < -0.4 is 0 Å². The standard InChI is InChI=1S/C30H32ClFN2O2S/c1-20(2)22-11-13-24(14-12-22)37(35,36)33-17-15-23(16-18-33)30-21(3)34(29-10-5-4-7-25(29)30)19-26-27(31)8-6-9-28(26)32/h4-14,20,23H,15-19H2,1-3H3. The summed E-state index contributed by atoms with van der Waals surface area (Å²) >= 11 is 6.36. The van der Waals surface area contributed by atoms with E-state index in [1.54, 1.807) is 28.6 Å². The zero-order valence-electron chi connectivity index (χ0n) is 21.4. The summed E-state index contributed by atoms with van der Waals surface area (Å²) in [4.78, 5) is 0.352. The van der Waals surface area contributed by atoms with Gasteiger partial charge in [0.15, 0.2) is 0 Å². The fraction of sp³-hybridized carbons (Fsp3) is 0.333. The van der Waals surface area contributed by atoms with Gasteiger partial charge in [0.1, 0.15) is 5.82 Å². The van der Waals surface area contributed by atoms with Gasteiger partial charge < -0.3 is 4.57 Å². The van der Waals surface area contributed by atoms with Crippen LogP contribution in [0, 0.1) is 12.7 Å². The highest BCUT2D eigenvalue weighted by Gasteiger charge is 2.32. The van der Waals surface area contributed by atoms with Crippen molar-refractivity contribution < 1.29 is 12.8 Å². The normalized spacial score (nSPS) is 15.6. The van der Waals surface area contributed by atoms with Crippen molar-refractivity contribution in [3.8, 4) is 0 Å². The van der Waals surface area contributed by atoms with Crippen molar-refractivity contribution in [2.24, 2.45) is 0 Å². The molecule has 0 unspecified atom stereocenters. The molecule has 0 bridgehead atoms. The van der Waals surface area contributed by atoms with Gasteiger partial charge in [-0.15, -0.1) is 0 Å². The van der Waals surface area contributed by atoms with Gasteiger partial charge in [-0.2, -0.15) is 4.31 Å². The summed E-state index contributed by atoms with van der Waals surface area (Å²) in [5, 5.41) is 1.55. The second-order valence-electron chi connectivity index (χ2n) is 10.2. The van der Waals surface area contributed by atoms with Crippen LogP contribution in [0.3, 0.4) is 0 Å². The van der Waals surface area contributed by atoms with E-state index in [1.807, 2.05) is 24.3 Å². The lowest BCUT2D eigenvalue weighted by Crippen LogP contribution is -2.38. The first kappa shape index (κ1) is 26.0. The van der Waals surface area contributed by atoms with Gasteiger partial charge >= 0.3 is 0 Å². The van der Waals surface area contributed by atoms with E-state index in [1.165, 1.54) is 11.6 Å². The first-order valence-corrected chi connectivity index (χ1v) is 14.6. The molecule has 7 heteroatoms. The third-order valence-electron chi connectivity index (χ3n) is 7.70. The van der Waals surface area contributed by atoms with Gasteiger partial charge in [0.25, 0.3) is 0 Å². The molecule has 4 nitrogen and oxygen atoms in total. The zero-order chi connectivity index (χ0) is 26.3. The Kier molecular flexibility index (Phi) is 7.18. The van der Waals surface area contributed by atoms with E-state index in [2.05, 4.69) is 37.5 Å². The van der Waals surface area contributed by atoms with Gasteiger partial charge in [-0.3, -0.25) is 0 Å². The molecule has 0 amide bonds. The van der Waals surface area contributed by atoms with E-state index < -0.39 is 10.0 Å². The minimum absolute atomic E-state index is 0.219. The van der Waals surface area contributed by atoms with Crippen molar-refractivity contribution in [1.82, 2.24) is 8.87 Å². The molecule has 2 heterocycles. The van der Waals surface area contributed by atoms with E-state index >= 15 is 0 Å². The largest absolute Gasteiger partial charge is 0.340 e. The molecule has 1 fully saturated rings. The van der Waals surface area contributed by atoms with Gasteiger partial charge in [0.2, 0.25) is 10.0 Å². The lowest BCUT2D eigenvalue weighted by molar-refractivity contribution is 0.319. The van der Waals surface area contributed by atoms with E-state index in [0.29, 0.717) is 41.0 Å². The van der Waals surface area contributed by atoms with Crippen molar-refractivity contribution in [2.75, 3.05) is 13.1 Å². The van der Waals surface area contributed by atoms with Crippen LogP contribution in [-0.4, -0.2) is 30.4 Å². The second kappa shape index (κ2) is 10.2. The Labute approximate surface area is 223 Å². The summed E-state index contributed by atoms with van der Waals surface area (Å²) in [6.07, 6.45) is 1.47. The Morgan fingerprint density at radius 2 is 1.65 bits per heavy atom. The number of aromatic nitrogens is 1. The first-order valence-electron chi connectivity index (χ1n) is 12.8. The topological polar surface area (TPSA) is 42.3 Å². The van der Waals surface area contributed by atoms with Gasteiger partial charge in [-0.25, -0.2) is 12.8 Å². The van der Waals surface area contributed by atoms with Gasteiger partial charge in [-0.1, -0.05) is 61.8 Å². The van der Waals surface area contributed by atoms with Crippen LogP contribution in [0.15, 0.2) is 71.6 Å². The van der Waals surface area contributed by atoms with Gasteiger partial charge in [0.05, 0.1) is 11.4 Å². The molecule has 0 atom stereocenters. The van der Waals surface area contributed by atoms with Crippen LogP contribution in [0.5, 0.6) is 0 Å². The maximum absolute atomic E-state index is 14.6. The average Bonchev–Trinajstić information content (AvgIpc) is 3.17. The molecule has 1 aliphatic heterocycles. The zero-order valence-corrected chi connectivity index (χ0v) is 23.0. The molecule has 194 valence electrons. The van der Waals surface area contributed by atoms with E-state index in [0.717, 1.165) is 35.0 Å². The highest BCUT2D eigenvalue weighted by atomic mass is 35.5. The monoisotopic (exact) mass is 538 g/mol. The van der Waals surface area contributed by atoms with Gasteiger partial charge in [-0.05, 0) is 73.1 Å². The second-order valence-corrected chi connectivity index (χ2v) is 12.5. The molecule has 0 aliphatic carbocycles. The minimum atomic E-state index is -3.54. The maximum Gasteiger partial charge on any atom is 0.243 e. The molecule has 5 rings (SSSR count). The highest BCUT2D eigenvalue weighted by Crippen LogP contribution is 2.39. The Morgan fingerprint density at radius 3 is 2.30 bits per heavy atom. The smallest absolute Gasteiger partial charge is 0.243 e. The van der Waals surface area contributed by atoms with Crippen LogP contribution in [0.2, 0.25) is 5.02 Å². The number of halogens is 2. The molecule has 0 N–H and O–H groups in total. The molecule has 1 aromatic heterocycles. The summed E-state index contributed by atoms with van der Waals surface area (Å²) in [6, 6.07) is 20.2. The van der Waals surface area contributed by atoms with Crippen molar-refractivity contribution in [3.63, 3.8) is 0 Å². The predicted molar refractivity (Wildman–Crippen MR) is 148 cm³/mol.